The maximum absolute atomic E-state index is 12.5. The molecule has 0 bridgehead atoms. The number of rotatable bonds is 9. The van der Waals surface area contributed by atoms with Gasteiger partial charge in [-0.1, -0.05) is 11.6 Å². The summed E-state index contributed by atoms with van der Waals surface area (Å²) in [5, 5.41) is 20.5. The fourth-order valence-corrected chi connectivity index (χ4v) is 3.44. The van der Waals surface area contributed by atoms with E-state index in [0.717, 1.165) is 0 Å². The molecule has 13 nitrogen and oxygen atoms in total. The van der Waals surface area contributed by atoms with Gasteiger partial charge in [0.05, 0.1) is 29.1 Å². The van der Waals surface area contributed by atoms with Gasteiger partial charge in [-0.05, 0) is 24.6 Å². The Kier molecular flexibility index (Phi) is 7.26. The van der Waals surface area contributed by atoms with E-state index in [1.165, 1.54) is 18.3 Å². The number of nitrogens with one attached hydrogen (secondary N) is 1. The molecule has 0 radical (unpaired) electrons. The van der Waals surface area contributed by atoms with Crippen molar-refractivity contribution in [3.05, 3.63) is 40.7 Å². The van der Waals surface area contributed by atoms with Gasteiger partial charge in [0.1, 0.15) is 6.04 Å². The summed E-state index contributed by atoms with van der Waals surface area (Å²) in [6.45, 7) is 0.286. The van der Waals surface area contributed by atoms with Crippen molar-refractivity contribution in [1.82, 2.24) is 25.3 Å². The molecule has 178 valence electrons. The Morgan fingerprint density at radius 2 is 1.91 bits per heavy atom. The van der Waals surface area contributed by atoms with Crippen LogP contribution in [0.4, 0.5) is 17.5 Å². The number of hydrogen-bond acceptors (Lipinski definition) is 10. The van der Waals surface area contributed by atoms with Gasteiger partial charge in [-0.25, -0.2) is 14.8 Å². The lowest BCUT2D eigenvalue weighted by Crippen LogP contribution is -2.41. The number of aromatic nitrogens is 4. The Morgan fingerprint density at radius 1 is 1.18 bits per heavy atom. The molecule has 0 aliphatic rings. The zero-order valence-electron chi connectivity index (χ0n) is 17.9. The van der Waals surface area contributed by atoms with E-state index in [9.17, 15) is 19.5 Å². The molecule has 0 aliphatic carbocycles. The molecule has 3 aromatic rings. The number of halogens is 1. The maximum Gasteiger partial charge on any atom is 0.326 e. The van der Waals surface area contributed by atoms with Gasteiger partial charge in [0.2, 0.25) is 5.95 Å². The minimum absolute atomic E-state index is 0.00311. The smallest absolute Gasteiger partial charge is 0.326 e. The average Bonchev–Trinajstić information content (AvgIpc) is 2.76. The number of carboxylic acid groups (broad SMARTS) is 2. The number of benzene rings is 1. The Labute approximate surface area is 197 Å². The van der Waals surface area contributed by atoms with Gasteiger partial charge in [-0.3, -0.25) is 9.59 Å². The van der Waals surface area contributed by atoms with Crippen LogP contribution in [-0.2, 0) is 16.1 Å². The molecule has 0 saturated carbocycles. The first-order valence-electron chi connectivity index (χ1n) is 9.86. The van der Waals surface area contributed by atoms with Crippen LogP contribution < -0.4 is 21.7 Å². The summed E-state index contributed by atoms with van der Waals surface area (Å²) in [5.74, 6) is -3.08. The highest BCUT2D eigenvalue weighted by Gasteiger charge is 2.22. The minimum atomic E-state index is -1.34. The fraction of sp³-hybridized carbons (Fsp3) is 0.250. The molecule has 1 amide bonds. The lowest BCUT2D eigenvalue weighted by atomic mass is 10.1. The Morgan fingerprint density at radius 3 is 2.56 bits per heavy atom. The van der Waals surface area contributed by atoms with Crippen molar-refractivity contribution < 1.29 is 24.6 Å². The number of fused-ring (bicyclic) bond motifs is 1. The summed E-state index contributed by atoms with van der Waals surface area (Å²) < 4.78 is 0. The molecular formula is C20H21ClN8O5. The number of carboxylic acids is 2. The van der Waals surface area contributed by atoms with Crippen LogP contribution in [0.3, 0.4) is 0 Å². The van der Waals surface area contributed by atoms with Gasteiger partial charge >= 0.3 is 11.9 Å². The lowest BCUT2D eigenvalue weighted by molar-refractivity contribution is -0.140. The van der Waals surface area contributed by atoms with Crippen molar-refractivity contribution in [2.24, 2.45) is 0 Å². The number of aliphatic carboxylic acids is 2. The molecule has 1 unspecified atom stereocenters. The van der Waals surface area contributed by atoms with Crippen molar-refractivity contribution in [2.75, 3.05) is 23.4 Å². The van der Waals surface area contributed by atoms with Crippen molar-refractivity contribution in [2.45, 2.75) is 25.4 Å². The zero-order valence-corrected chi connectivity index (χ0v) is 18.7. The van der Waals surface area contributed by atoms with Crippen LogP contribution in [0.2, 0.25) is 5.02 Å². The number of amides is 1. The number of hydrogen-bond donors (Lipinski definition) is 5. The van der Waals surface area contributed by atoms with E-state index in [4.69, 9.17) is 28.2 Å². The van der Waals surface area contributed by atoms with Gasteiger partial charge in [0, 0.05) is 19.0 Å². The molecule has 3 rings (SSSR count). The van der Waals surface area contributed by atoms with E-state index in [-0.39, 0.29) is 41.0 Å². The van der Waals surface area contributed by atoms with Gasteiger partial charge < -0.3 is 31.9 Å². The molecule has 1 aromatic carbocycles. The lowest BCUT2D eigenvalue weighted by Gasteiger charge is -2.21. The van der Waals surface area contributed by atoms with Gasteiger partial charge in [-0.15, -0.1) is 0 Å². The van der Waals surface area contributed by atoms with Gasteiger partial charge in [0.15, 0.2) is 17.0 Å². The Bertz CT molecular complexity index is 1270. The first kappa shape index (κ1) is 24.4. The fourth-order valence-electron chi connectivity index (χ4n) is 3.11. The number of anilines is 3. The monoisotopic (exact) mass is 488 g/mol. The summed E-state index contributed by atoms with van der Waals surface area (Å²) in [4.78, 5) is 52.7. The summed E-state index contributed by atoms with van der Waals surface area (Å²) >= 11 is 6.37. The molecule has 1 atom stereocenters. The third-order valence-electron chi connectivity index (χ3n) is 4.77. The molecule has 14 heteroatoms. The molecule has 2 heterocycles. The van der Waals surface area contributed by atoms with Crippen LogP contribution in [0.15, 0.2) is 24.4 Å². The summed E-state index contributed by atoms with van der Waals surface area (Å²) in [5.41, 5.74) is 13.2. The number of nitrogen functional groups attached to an aromatic ring is 2. The van der Waals surface area contributed by atoms with E-state index >= 15 is 0 Å². The van der Waals surface area contributed by atoms with Crippen LogP contribution >= 0.6 is 11.6 Å². The second-order valence-corrected chi connectivity index (χ2v) is 7.73. The molecule has 0 saturated heterocycles. The van der Waals surface area contributed by atoms with Crippen molar-refractivity contribution in [1.29, 1.82) is 0 Å². The van der Waals surface area contributed by atoms with E-state index in [2.05, 4.69) is 25.3 Å². The van der Waals surface area contributed by atoms with E-state index in [1.807, 2.05) is 0 Å². The van der Waals surface area contributed by atoms with Crippen LogP contribution in [0.25, 0.3) is 11.2 Å². The molecule has 7 N–H and O–H groups in total. The summed E-state index contributed by atoms with van der Waals surface area (Å²) in [6, 6.07) is 3.11. The van der Waals surface area contributed by atoms with Gasteiger partial charge in [-0.2, -0.15) is 9.97 Å². The molecule has 0 fully saturated rings. The Hall–Kier alpha value is -4.26. The second-order valence-electron chi connectivity index (χ2n) is 7.32. The highest BCUT2D eigenvalue weighted by atomic mass is 35.5. The number of nitrogens with two attached hydrogens (primary N) is 2. The number of nitrogens with zero attached hydrogens (tertiary/aromatic N) is 5. The van der Waals surface area contributed by atoms with Crippen molar-refractivity contribution in [3.63, 3.8) is 0 Å². The largest absolute Gasteiger partial charge is 0.481 e. The van der Waals surface area contributed by atoms with Crippen molar-refractivity contribution >= 4 is 58.1 Å². The normalized spacial score (nSPS) is 11.7. The second kappa shape index (κ2) is 10.1. The maximum atomic E-state index is 12.5. The first-order chi connectivity index (χ1) is 16.0. The summed E-state index contributed by atoms with van der Waals surface area (Å²) in [7, 11) is 1.75. The van der Waals surface area contributed by atoms with E-state index in [0.29, 0.717) is 16.9 Å². The number of carbonyl (C=O) groups excluding carboxylic acids is 1. The summed E-state index contributed by atoms with van der Waals surface area (Å²) in [6.07, 6.45) is 0.869. The van der Waals surface area contributed by atoms with E-state index in [1.54, 1.807) is 18.0 Å². The van der Waals surface area contributed by atoms with Crippen molar-refractivity contribution in [3.8, 4) is 0 Å². The van der Waals surface area contributed by atoms with E-state index < -0.39 is 30.3 Å². The van der Waals surface area contributed by atoms with Crippen LogP contribution in [-0.4, -0.2) is 61.1 Å². The minimum Gasteiger partial charge on any atom is -0.481 e. The quantitative estimate of drug-likeness (QED) is 0.284. The highest BCUT2D eigenvalue weighted by molar-refractivity contribution is 6.33. The topological polar surface area (TPSA) is 211 Å². The predicted octanol–water partition coefficient (Wildman–Crippen LogP) is 0.922. The third-order valence-corrected chi connectivity index (χ3v) is 5.07. The average molecular weight is 489 g/mol. The molecule has 34 heavy (non-hydrogen) atoms. The predicted molar refractivity (Wildman–Crippen MR) is 123 cm³/mol. The van der Waals surface area contributed by atoms with Crippen LogP contribution in [0.5, 0.6) is 0 Å². The van der Waals surface area contributed by atoms with Crippen LogP contribution in [0.1, 0.15) is 28.9 Å². The Balaban J connectivity index is 1.74. The third kappa shape index (κ3) is 5.75. The SMILES string of the molecule is CN(Cc1cnc2nc(N)nc(N)c2n1)c1ccc(C(=O)NC(CCC(=O)O)C(=O)O)cc1Cl. The highest BCUT2D eigenvalue weighted by Crippen LogP contribution is 2.27. The number of carbonyl (C=O) groups is 3. The zero-order chi connectivity index (χ0) is 25.0. The first-order valence-corrected chi connectivity index (χ1v) is 10.2. The molecule has 0 spiro atoms. The molecule has 0 aliphatic heterocycles. The molecule has 2 aromatic heterocycles. The standard InChI is InChI=1S/C20H21ClN8O5/c1-29(8-10-7-24-17-15(25-10)16(22)27-20(23)28-17)13-4-2-9(6-11(13)21)18(32)26-12(19(33)34)3-5-14(30)31/h2,4,6-7,12H,3,5,8H2,1H3,(H,26,32)(H,30,31)(H,33,34)(H4,22,23,24,27,28). The van der Waals surface area contributed by atoms with Gasteiger partial charge in [0.25, 0.3) is 5.91 Å². The van der Waals surface area contributed by atoms with Crippen LogP contribution in [0, 0.1) is 0 Å². The molecular weight excluding hydrogens is 468 g/mol.